The molecular formula is C23H27N5O4. The number of likely N-dealkylation sites (tertiary alicyclic amines) is 1. The van der Waals surface area contributed by atoms with E-state index in [2.05, 4.69) is 22.4 Å². The van der Waals surface area contributed by atoms with Crippen molar-refractivity contribution in [2.75, 3.05) is 34.4 Å². The average molecular weight is 438 g/mol. The van der Waals surface area contributed by atoms with Crippen molar-refractivity contribution in [3.63, 3.8) is 0 Å². The van der Waals surface area contributed by atoms with Gasteiger partial charge in [0.1, 0.15) is 6.33 Å². The zero-order valence-electron chi connectivity index (χ0n) is 18.7. The second-order valence-electron chi connectivity index (χ2n) is 7.88. The number of benzene rings is 2. The predicted octanol–water partition coefficient (Wildman–Crippen LogP) is 3.23. The van der Waals surface area contributed by atoms with Crippen LogP contribution in [-0.2, 0) is 0 Å². The van der Waals surface area contributed by atoms with Crippen molar-refractivity contribution in [1.29, 1.82) is 0 Å². The summed E-state index contributed by atoms with van der Waals surface area (Å²) < 4.78 is 18.2. The number of hydrogen-bond acceptors (Lipinski definition) is 7. The number of aromatic nitrogens is 4. The summed E-state index contributed by atoms with van der Waals surface area (Å²) in [5.41, 5.74) is 2.79. The van der Waals surface area contributed by atoms with E-state index < -0.39 is 0 Å². The Hall–Kier alpha value is -3.62. The van der Waals surface area contributed by atoms with Crippen molar-refractivity contribution in [3.05, 3.63) is 42.2 Å². The van der Waals surface area contributed by atoms with Crippen LogP contribution in [0.5, 0.6) is 17.2 Å². The first kappa shape index (κ1) is 21.6. The van der Waals surface area contributed by atoms with Gasteiger partial charge in [0, 0.05) is 24.2 Å². The van der Waals surface area contributed by atoms with Crippen molar-refractivity contribution >= 4 is 5.91 Å². The minimum Gasteiger partial charge on any atom is -0.493 e. The topological polar surface area (TPSA) is 91.6 Å². The number of ether oxygens (including phenoxy) is 3. The van der Waals surface area contributed by atoms with Gasteiger partial charge in [0.15, 0.2) is 11.5 Å². The van der Waals surface area contributed by atoms with Crippen molar-refractivity contribution in [2.45, 2.75) is 19.8 Å². The zero-order valence-corrected chi connectivity index (χ0v) is 18.7. The molecule has 2 heterocycles. The van der Waals surface area contributed by atoms with Crippen molar-refractivity contribution in [2.24, 2.45) is 5.92 Å². The van der Waals surface area contributed by atoms with Gasteiger partial charge >= 0.3 is 0 Å². The first-order valence-corrected chi connectivity index (χ1v) is 10.5. The molecule has 1 aliphatic rings. The molecule has 0 N–H and O–H groups in total. The first-order valence-electron chi connectivity index (χ1n) is 10.5. The van der Waals surface area contributed by atoms with E-state index in [1.54, 1.807) is 21.3 Å². The SMILES string of the molecule is COc1ccc(-c2cc(C(=O)N3CCC(C)CC3)cc(-n3cnnn3)c2)c(OC)c1OC. The molecule has 0 radical (unpaired) electrons. The molecule has 2 aromatic carbocycles. The minimum absolute atomic E-state index is 0.00693. The van der Waals surface area contributed by atoms with Crippen LogP contribution in [0.1, 0.15) is 30.1 Å². The van der Waals surface area contributed by atoms with Crippen LogP contribution in [-0.4, -0.2) is 65.4 Å². The summed E-state index contributed by atoms with van der Waals surface area (Å²) in [5.74, 6) is 2.19. The molecule has 1 saturated heterocycles. The number of amides is 1. The molecule has 4 rings (SSSR count). The molecule has 9 heteroatoms. The Morgan fingerprint density at radius 2 is 1.75 bits per heavy atom. The highest BCUT2D eigenvalue weighted by Gasteiger charge is 2.24. The van der Waals surface area contributed by atoms with Crippen LogP contribution in [0.3, 0.4) is 0 Å². The number of hydrogen-bond donors (Lipinski definition) is 0. The maximum Gasteiger partial charge on any atom is 0.253 e. The molecule has 1 aromatic heterocycles. The fourth-order valence-corrected chi connectivity index (χ4v) is 4.02. The molecule has 1 amide bonds. The smallest absolute Gasteiger partial charge is 0.253 e. The van der Waals surface area contributed by atoms with Crippen molar-refractivity contribution in [1.82, 2.24) is 25.1 Å². The lowest BCUT2D eigenvalue weighted by Gasteiger charge is -2.30. The van der Waals surface area contributed by atoms with E-state index >= 15 is 0 Å². The molecule has 168 valence electrons. The van der Waals surface area contributed by atoms with Gasteiger partial charge in [-0.1, -0.05) is 6.92 Å². The van der Waals surface area contributed by atoms with Gasteiger partial charge in [-0.2, -0.15) is 0 Å². The Morgan fingerprint density at radius 1 is 1.00 bits per heavy atom. The lowest BCUT2D eigenvalue weighted by Crippen LogP contribution is -2.37. The molecule has 0 spiro atoms. The number of piperidine rings is 1. The van der Waals surface area contributed by atoms with Crippen LogP contribution in [0.4, 0.5) is 0 Å². The Balaban J connectivity index is 1.83. The number of rotatable bonds is 6. The third-order valence-corrected chi connectivity index (χ3v) is 5.86. The number of carbonyl (C=O) groups excluding carboxylic acids is 1. The van der Waals surface area contributed by atoms with Crippen LogP contribution in [0.15, 0.2) is 36.7 Å². The number of tetrazole rings is 1. The molecule has 0 atom stereocenters. The first-order chi connectivity index (χ1) is 15.5. The van der Waals surface area contributed by atoms with Gasteiger partial charge in [-0.3, -0.25) is 4.79 Å². The van der Waals surface area contributed by atoms with Crippen molar-refractivity contribution in [3.8, 4) is 34.1 Å². The Morgan fingerprint density at radius 3 is 2.38 bits per heavy atom. The second-order valence-corrected chi connectivity index (χ2v) is 7.88. The lowest BCUT2D eigenvalue weighted by molar-refractivity contribution is 0.0697. The van der Waals surface area contributed by atoms with Gasteiger partial charge < -0.3 is 19.1 Å². The van der Waals surface area contributed by atoms with Gasteiger partial charge in [-0.15, -0.1) is 5.10 Å². The molecule has 9 nitrogen and oxygen atoms in total. The van der Waals surface area contributed by atoms with Gasteiger partial charge in [0.05, 0.1) is 27.0 Å². The van der Waals surface area contributed by atoms with Crippen molar-refractivity contribution < 1.29 is 19.0 Å². The summed E-state index contributed by atoms with van der Waals surface area (Å²) in [6, 6.07) is 9.30. The molecule has 32 heavy (non-hydrogen) atoms. The quantitative estimate of drug-likeness (QED) is 0.585. The summed E-state index contributed by atoms with van der Waals surface area (Å²) in [5, 5.41) is 11.5. The van der Waals surface area contributed by atoms with Crippen LogP contribution in [0.2, 0.25) is 0 Å². The molecule has 0 bridgehead atoms. The third-order valence-electron chi connectivity index (χ3n) is 5.86. The molecule has 1 aliphatic heterocycles. The molecule has 0 aliphatic carbocycles. The standard InChI is InChI=1S/C23H27N5O4/c1-15-7-9-27(10-8-15)23(29)17-11-16(12-18(13-17)28-14-24-25-26-28)19-5-6-20(30-2)22(32-4)21(19)31-3/h5-6,11-15H,7-10H2,1-4H3. The molecule has 1 fully saturated rings. The highest BCUT2D eigenvalue weighted by Crippen LogP contribution is 2.44. The Kier molecular flexibility index (Phi) is 6.25. The zero-order chi connectivity index (χ0) is 22.7. The third kappa shape index (κ3) is 4.10. The summed E-state index contributed by atoms with van der Waals surface area (Å²) in [6.07, 6.45) is 3.52. The normalized spacial score (nSPS) is 14.3. The number of carbonyl (C=O) groups is 1. The number of methoxy groups -OCH3 is 3. The van der Waals surface area contributed by atoms with Crippen LogP contribution < -0.4 is 14.2 Å². The maximum absolute atomic E-state index is 13.4. The minimum atomic E-state index is -0.00693. The molecule has 0 saturated carbocycles. The van der Waals surface area contributed by atoms with E-state index in [9.17, 15) is 4.79 Å². The molecule has 0 unspecified atom stereocenters. The van der Waals surface area contributed by atoms with Gasteiger partial charge in [0.25, 0.3) is 5.91 Å². The van der Waals surface area contributed by atoms with Crippen LogP contribution in [0, 0.1) is 5.92 Å². The highest BCUT2D eigenvalue weighted by molar-refractivity contribution is 5.97. The Bertz CT molecular complexity index is 1090. The molecular weight excluding hydrogens is 410 g/mol. The van der Waals surface area contributed by atoms with E-state index in [1.807, 2.05) is 35.2 Å². The second kappa shape index (κ2) is 9.25. The predicted molar refractivity (Wildman–Crippen MR) is 119 cm³/mol. The van der Waals surface area contributed by atoms with E-state index in [-0.39, 0.29) is 5.91 Å². The summed E-state index contributed by atoms with van der Waals surface area (Å²) in [4.78, 5) is 15.3. The lowest BCUT2D eigenvalue weighted by atomic mass is 9.97. The van der Waals surface area contributed by atoms with Gasteiger partial charge in [-0.25, -0.2) is 4.68 Å². The van der Waals surface area contributed by atoms with Crippen LogP contribution in [0.25, 0.3) is 16.8 Å². The Labute approximate surface area is 186 Å². The van der Waals surface area contributed by atoms with Gasteiger partial charge in [-0.05, 0) is 65.1 Å². The van der Waals surface area contributed by atoms with E-state index in [4.69, 9.17) is 14.2 Å². The maximum atomic E-state index is 13.4. The molecule has 3 aromatic rings. The van der Waals surface area contributed by atoms with Crippen LogP contribution >= 0.6 is 0 Å². The summed E-state index contributed by atoms with van der Waals surface area (Å²) >= 11 is 0. The monoisotopic (exact) mass is 437 g/mol. The van der Waals surface area contributed by atoms with E-state index in [0.717, 1.165) is 37.1 Å². The summed E-state index contributed by atoms with van der Waals surface area (Å²) in [7, 11) is 4.71. The van der Waals surface area contributed by atoms with Gasteiger partial charge in [0.2, 0.25) is 5.75 Å². The van der Waals surface area contributed by atoms with E-state index in [0.29, 0.717) is 34.4 Å². The van der Waals surface area contributed by atoms with E-state index in [1.165, 1.54) is 11.0 Å². The summed E-state index contributed by atoms with van der Waals surface area (Å²) in [6.45, 7) is 3.73. The fourth-order valence-electron chi connectivity index (χ4n) is 4.02. The highest BCUT2D eigenvalue weighted by atomic mass is 16.5. The average Bonchev–Trinajstić information content (AvgIpc) is 3.38. The number of nitrogens with zero attached hydrogens (tertiary/aromatic N) is 5. The largest absolute Gasteiger partial charge is 0.493 e. The fraction of sp³-hybridized carbons (Fsp3) is 0.391.